The second-order valence-corrected chi connectivity index (χ2v) is 7.43. The number of halogens is 1. The van der Waals surface area contributed by atoms with Gasteiger partial charge < -0.3 is 14.8 Å². The van der Waals surface area contributed by atoms with E-state index in [-0.39, 0.29) is 17.2 Å². The van der Waals surface area contributed by atoms with Crippen molar-refractivity contribution in [3.63, 3.8) is 0 Å². The van der Waals surface area contributed by atoms with Crippen molar-refractivity contribution in [2.45, 2.75) is 19.8 Å². The lowest BCUT2D eigenvalue weighted by molar-refractivity contribution is 0.0696. The predicted octanol–water partition coefficient (Wildman–Crippen LogP) is 3.16. The molecule has 0 bridgehead atoms. The van der Waals surface area contributed by atoms with E-state index in [1.807, 2.05) is 0 Å². The van der Waals surface area contributed by atoms with Crippen LogP contribution in [0.2, 0.25) is 5.02 Å². The van der Waals surface area contributed by atoms with Crippen LogP contribution in [0, 0.1) is 5.92 Å². The molecule has 0 saturated carbocycles. The van der Waals surface area contributed by atoms with Gasteiger partial charge in [-0.2, -0.15) is 0 Å². The van der Waals surface area contributed by atoms with Gasteiger partial charge in [-0.1, -0.05) is 18.5 Å². The highest BCUT2D eigenvalue weighted by Crippen LogP contribution is 2.19. The van der Waals surface area contributed by atoms with Crippen molar-refractivity contribution < 1.29 is 9.59 Å². The van der Waals surface area contributed by atoms with Crippen LogP contribution in [0.1, 0.15) is 40.5 Å². The van der Waals surface area contributed by atoms with Crippen LogP contribution in [0.25, 0.3) is 0 Å². The van der Waals surface area contributed by atoms with Crippen molar-refractivity contribution >= 4 is 29.1 Å². The monoisotopic (exact) mass is 387 g/mol. The van der Waals surface area contributed by atoms with Gasteiger partial charge >= 0.3 is 0 Å². The molecule has 3 rings (SSSR count). The highest BCUT2D eigenvalue weighted by atomic mass is 35.5. The van der Waals surface area contributed by atoms with Gasteiger partial charge in [-0.25, -0.2) is 0 Å². The minimum absolute atomic E-state index is 0.0775. The second kappa shape index (κ2) is 7.96. The summed E-state index contributed by atoms with van der Waals surface area (Å²) in [5.41, 5.74) is 0.469. The van der Waals surface area contributed by atoms with E-state index in [4.69, 9.17) is 11.6 Å². The Morgan fingerprint density at radius 3 is 2.37 bits per heavy atom. The molecule has 1 aromatic carbocycles. The minimum atomic E-state index is -0.430. The molecular weight excluding hydrogens is 366 g/mol. The average molecular weight is 388 g/mol. The zero-order chi connectivity index (χ0) is 19.6. The second-order valence-electron chi connectivity index (χ2n) is 6.99. The molecule has 0 atom stereocenters. The zero-order valence-corrected chi connectivity index (χ0v) is 16.1. The van der Waals surface area contributed by atoms with Crippen molar-refractivity contribution in [1.82, 2.24) is 9.47 Å². The molecule has 27 heavy (non-hydrogen) atoms. The summed E-state index contributed by atoms with van der Waals surface area (Å²) in [6.07, 6.45) is 3.45. The smallest absolute Gasteiger partial charge is 0.274 e. The largest absolute Gasteiger partial charge is 0.339 e. The number of hydrogen-bond donors (Lipinski definition) is 1. The van der Waals surface area contributed by atoms with E-state index in [2.05, 4.69) is 12.2 Å². The summed E-state index contributed by atoms with van der Waals surface area (Å²) in [5.74, 6) is 0.0584. The number of aryl methyl sites for hydroxylation is 1. The maximum atomic E-state index is 12.8. The minimum Gasteiger partial charge on any atom is -0.339 e. The maximum Gasteiger partial charge on any atom is 0.274 e. The summed E-state index contributed by atoms with van der Waals surface area (Å²) < 4.78 is 1.32. The fourth-order valence-corrected chi connectivity index (χ4v) is 3.23. The number of hydrogen-bond acceptors (Lipinski definition) is 3. The summed E-state index contributed by atoms with van der Waals surface area (Å²) in [4.78, 5) is 39.4. The number of aromatic nitrogens is 1. The van der Waals surface area contributed by atoms with E-state index in [1.54, 1.807) is 36.2 Å². The van der Waals surface area contributed by atoms with Crippen LogP contribution in [0.5, 0.6) is 0 Å². The normalized spacial score (nSPS) is 14.9. The first-order valence-corrected chi connectivity index (χ1v) is 9.30. The first-order chi connectivity index (χ1) is 12.8. The van der Waals surface area contributed by atoms with Crippen LogP contribution in [0.4, 0.5) is 5.69 Å². The molecular formula is C20H22ClN3O3. The highest BCUT2D eigenvalue weighted by Gasteiger charge is 2.23. The van der Waals surface area contributed by atoms with Crippen molar-refractivity contribution in [3.8, 4) is 0 Å². The molecule has 0 spiro atoms. The number of nitrogens with zero attached hydrogens (tertiary/aromatic N) is 2. The van der Waals surface area contributed by atoms with E-state index in [0.29, 0.717) is 35.2 Å². The molecule has 2 heterocycles. The molecule has 1 aliphatic heterocycles. The Labute approximate surface area is 162 Å². The highest BCUT2D eigenvalue weighted by molar-refractivity contribution is 6.30. The first-order valence-electron chi connectivity index (χ1n) is 8.92. The Bertz CT molecular complexity index is 913. The van der Waals surface area contributed by atoms with Crippen LogP contribution >= 0.6 is 11.6 Å². The van der Waals surface area contributed by atoms with E-state index in [1.165, 1.54) is 16.8 Å². The fourth-order valence-electron chi connectivity index (χ4n) is 3.11. The number of pyridine rings is 1. The number of carbonyl (C=O) groups excluding carboxylic acids is 2. The van der Waals surface area contributed by atoms with Crippen LogP contribution in [0.3, 0.4) is 0 Å². The number of rotatable bonds is 3. The Kier molecular flexibility index (Phi) is 5.65. The van der Waals surface area contributed by atoms with Crippen LogP contribution in [-0.2, 0) is 7.05 Å². The van der Waals surface area contributed by atoms with Crippen LogP contribution in [0.15, 0.2) is 41.3 Å². The lowest BCUT2D eigenvalue weighted by Crippen LogP contribution is -2.38. The third-order valence-corrected chi connectivity index (χ3v) is 5.11. The lowest BCUT2D eigenvalue weighted by atomic mass is 9.99. The fraction of sp³-hybridized carbons (Fsp3) is 0.350. The quantitative estimate of drug-likeness (QED) is 0.879. The molecule has 1 aromatic heterocycles. The summed E-state index contributed by atoms with van der Waals surface area (Å²) in [6, 6.07) is 7.81. The molecule has 7 heteroatoms. The van der Waals surface area contributed by atoms with Crippen LogP contribution < -0.4 is 10.9 Å². The molecule has 1 saturated heterocycles. The van der Waals surface area contributed by atoms with Gasteiger partial charge in [0.1, 0.15) is 5.69 Å². The van der Waals surface area contributed by atoms with Gasteiger partial charge in [0.25, 0.3) is 17.4 Å². The van der Waals surface area contributed by atoms with Gasteiger partial charge in [-0.3, -0.25) is 14.4 Å². The molecule has 0 unspecified atom stereocenters. The maximum absolute atomic E-state index is 12.8. The number of likely N-dealkylation sites (tertiary alicyclic amines) is 1. The SMILES string of the molecule is CC1CCN(C(=O)c2cc(NC(=O)c3ccc(Cl)cc3)c(=O)n(C)c2)CC1. The van der Waals surface area contributed by atoms with Gasteiger partial charge in [0, 0.05) is 36.9 Å². The Hall–Kier alpha value is -2.60. The number of amides is 2. The van der Waals surface area contributed by atoms with E-state index >= 15 is 0 Å². The topological polar surface area (TPSA) is 71.4 Å². The van der Waals surface area contributed by atoms with Gasteiger partial charge in [0.05, 0.1) is 5.56 Å². The lowest BCUT2D eigenvalue weighted by Gasteiger charge is -2.30. The number of anilines is 1. The van der Waals surface area contributed by atoms with Crippen molar-refractivity contribution in [1.29, 1.82) is 0 Å². The summed E-state index contributed by atoms with van der Waals surface area (Å²) in [5, 5.41) is 3.13. The third kappa shape index (κ3) is 4.39. The molecule has 142 valence electrons. The van der Waals surface area contributed by atoms with Gasteiger partial charge in [0.2, 0.25) is 0 Å². The number of nitrogens with one attached hydrogen (secondary N) is 1. The van der Waals surface area contributed by atoms with Gasteiger partial charge in [0.15, 0.2) is 0 Å². The number of carbonyl (C=O) groups is 2. The third-order valence-electron chi connectivity index (χ3n) is 4.86. The van der Waals surface area contributed by atoms with Crippen LogP contribution in [-0.4, -0.2) is 34.4 Å². The van der Waals surface area contributed by atoms with Crippen molar-refractivity contribution in [3.05, 3.63) is 63.0 Å². The summed E-state index contributed by atoms with van der Waals surface area (Å²) >= 11 is 5.83. The molecule has 0 radical (unpaired) electrons. The molecule has 2 aromatic rings. The van der Waals surface area contributed by atoms with Crippen molar-refractivity contribution in [2.75, 3.05) is 18.4 Å². The predicted molar refractivity (Wildman–Crippen MR) is 105 cm³/mol. The number of benzene rings is 1. The molecule has 1 fully saturated rings. The first kappa shape index (κ1) is 19.2. The van der Waals surface area contributed by atoms with E-state index < -0.39 is 5.91 Å². The van der Waals surface area contributed by atoms with Gasteiger partial charge in [-0.15, -0.1) is 0 Å². The molecule has 2 amide bonds. The van der Waals surface area contributed by atoms with E-state index in [0.717, 1.165) is 12.8 Å². The van der Waals surface area contributed by atoms with E-state index in [9.17, 15) is 14.4 Å². The summed E-state index contributed by atoms with van der Waals surface area (Å²) in [7, 11) is 1.56. The molecule has 1 aliphatic rings. The Morgan fingerprint density at radius 2 is 1.74 bits per heavy atom. The molecule has 6 nitrogen and oxygen atoms in total. The Balaban J connectivity index is 1.83. The number of piperidine rings is 1. The Morgan fingerprint density at radius 1 is 1.11 bits per heavy atom. The molecule has 1 N–H and O–H groups in total. The zero-order valence-electron chi connectivity index (χ0n) is 15.4. The average Bonchev–Trinajstić information content (AvgIpc) is 2.65. The standard InChI is InChI=1S/C20H22ClN3O3/c1-13-7-9-24(10-8-13)19(26)15-11-17(20(27)23(2)12-15)22-18(25)14-3-5-16(21)6-4-14/h3-6,11-13H,7-10H2,1-2H3,(H,22,25). The van der Waals surface area contributed by atoms with Crippen molar-refractivity contribution in [2.24, 2.45) is 13.0 Å². The van der Waals surface area contributed by atoms with Gasteiger partial charge in [-0.05, 0) is 49.1 Å². The summed E-state index contributed by atoms with van der Waals surface area (Å²) in [6.45, 7) is 3.59. The molecule has 0 aliphatic carbocycles.